The van der Waals surface area contributed by atoms with E-state index < -0.39 is 8.24 Å². The second-order valence-electron chi connectivity index (χ2n) is 6.19. The number of ether oxygens (including phenoxy) is 1. The number of hydrogen-bond acceptors (Lipinski definition) is 2. The Labute approximate surface area is 135 Å². The molecule has 0 saturated carbocycles. The van der Waals surface area contributed by atoms with Crippen molar-refractivity contribution in [1.82, 2.24) is 0 Å². The summed E-state index contributed by atoms with van der Waals surface area (Å²) in [5.74, 6) is -0.277. The Kier molecular flexibility index (Phi) is 7.10. The van der Waals surface area contributed by atoms with Gasteiger partial charge in [-0.1, -0.05) is 51.0 Å². The normalized spacial score (nSPS) is 11.5. The minimum Gasteiger partial charge on any atom is -0.687 e. The van der Waals surface area contributed by atoms with Gasteiger partial charge in [-0.15, -0.1) is 5.69 Å². The summed E-state index contributed by atoms with van der Waals surface area (Å²) in [5.41, 5.74) is 1.52. The summed E-state index contributed by atoms with van der Waals surface area (Å²) in [6.45, 7) is 13.4. The van der Waals surface area contributed by atoms with Gasteiger partial charge in [-0.25, -0.2) is 4.79 Å². The Morgan fingerprint density at radius 2 is 1.70 bits per heavy atom. The zero-order valence-electron chi connectivity index (χ0n) is 13.8. The second-order valence-corrected chi connectivity index (χ2v) is 11.0. The molecule has 0 heterocycles. The molecule has 0 unspecified atom stereocenters. The van der Waals surface area contributed by atoms with Crippen molar-refractivity contribution < 1.29 is 28.4 Å². The van der Waals surface area contributed by atoms with E-state index in [4.69, 9.17) is 9.72 Å². The molecular weight excluding hydrogens is 261 g/mol. The van der Waals surface area contributed by atoms with Gasteiger partial charge in [0.05, 0.1) is 12.2 Å². The summed E-state index contributed by atoms with van der Waals surface area (Å²) in [6, 6.07) is 7.35. The van der Waals surface area contributed by atoms with Crippen LogP contribution in [-0.4, -0.2) is 20.8 Å². The van der Waals surface area contributed by atoms with Crippen molar-refractivity contribution in [2.45, 2.75) is 45.8 Å². The van der Waals surface area contributed by atoms with Crippen molar-refractivity contribution in [2.75, 3.05) is 6.61 Å². The van der Waals surface area contributed by atoms with Crippen LogP contribution >= 0.6 is 0 Å². The average molecular weight is 285 g/mol. The largest absolute Gasteiger partial charge is 1.00 e. The predicted octanol–water partition coefficient (Wildman–Crippen LogP) is 1.88. The summed E-state index contributed by atoms with van der Waals surface area (Å²) in [5, 5.41) is 0.215. The standard InChI is InChI=1S/C15H25NO2Si.Li/c1-7-18-14(17)12-8-10-13(11-9-12)16-19(5,6)15(2,3)4;/h8-11H,7H2,1-6H3,(H,16,17);/q;+1/p-1. The number of carbonyl (C=O) groups excluding carboxylic acids is 1. The van der Waals surface area contributed by atoms with Crippen LogP contribution in [0.4, 0.5) is 5.69 Å². The van der Waals surface area contributed by atoms with E-state index in [-0.39, 0.29) is 29.9 Å². The molecule has 0 atom stereocenters. The van der Waals surface area contributed by atoms with Crippen molar-refractivity contribution in [3.05, 3.63) is 34.8 Å². The summed E-state index contributed by atoms with van der Waals surface area (Å²) < 4.78 is 4.96. The van der Waals surface area contributed by atoms with Gasteiger partial charge in [-0.3, -0.25) is 0 Å². The second kappa shape index (κ2) is 7.35. The number of nitrogens with zero attached hydrogens (tertiary/aromatic N) is 1. The zero-order valence-corrected chi connectivity index (χ0v) is 14.8. The number of esters is 1. The van der Waals surface area contributed by atoms with Crippen LogP contribution in [0.1, 0.15) is 38.1 Å². The first-order valence-electron chi connectivity index (χ1n) is 6.67. The summed E-state index contributed by atoms with van der Waals surface area (Å²) in [6.07, 6.45) is 0. The molecule has 3 nitrogen and oxygen atoms in total. The van der Waals surface area contributed by atoms with Crippen molar-refractivity contribution in [2.24, 2.45) is 0 Å². The fraction of sp³-hybridized carbons (Fsp3) is 0.533. The van der Waals surface area contributed by atoms with E-state index in [9.17, 15) is 4.79 Å². The zero-order chi connectivity index (χ0) is 14.7. The molecule has 0 fully saturated rings. The van der Waals surface area contributed by atoms with E-state index in [1.807, 2.05) is 12.1 Å². The maximum absolute atomic E-state index is 11.6. The van der Waals surface area contributed by atoms with Crippen molar-refractivity contribution in [3.63, 3.8) is 0 Å². The van der Waals surface area contributed by atoms with Crippen LogP contribution in [0.3, 0.4) is 0 Å². The number of rotatable bonds is 4. The molecular formula is C15H24LiNO2Si. The van der Waals surface area contributed by atoms with Gasteiger partial charge < -0.3 is 9.72 Å². The van der Waals surface area contributed by atoms with Gasteiger partial charge >= 0.3 is 24.8 Å². The van der Waals surface area contributed by atoms with Crippen LogP contribution in [0.25, 0.3) is 4.98 Å². The summed E-state index contributed by atoms with van der Waals surface area (Å²) in [4.78, 5) is 16.5. The first-order valence-corrected chi connectivity index (χ1v) is 9.62. The molecule has 5 heteroatoms. The third kappa shape index (κ3) is 5.01. The quantitative estimate of drug-likeness (QED) is 0.626. The topological polar surface area (TPSA) is 40.4 Å². The SMILES string of the molecule is CCOC(=O)c1ccc([N-][Si](C)(C)C(C)(C)C)cc1.[Li+]. The number of carbonyl (C=O) groups is 1. The number of hydrogen-bond donors (Lipinski definition) is 0. The smallest absolute Gasteiger partial charge is 0.687 e. The van der Waals surface area contributed by atoms with Gasteiger partial charge in [0.25, 0.3) is 0 Å². The Morgan fingerprint density at radius 3 is 2.10 bits per heavy atom. The van der Waals surface area contributed by atoms with Gasteiger partial charge in [0.2, 0.25) is 0 Å². The third-order valence-electron chi connectivity index (χ3n) is 3.62. The number of benzene rings is 1. The van der Waals surface area contributed by atoms with E-state index in [0.717, 1.165) is 5.69 Å². The van der Waals surface area contributed by atoms with Crippen molar-refractivity contribution in [3.8, 4) is 0 Å². The molecule has 0 aliphatic carbocycles. The van der Waals surface area contributed by atoms with Crippen LogP contribution in [0.5, 0.6) is 0 Å². The van der Waals surface area contributed by atoms with Crippen LogP contribution in [0.2, 0.25) is 18.1 Å². The Balaban J connectivity index is 0.00000361. The molecule has 0 aromatic heterocycles. The van der Waals surface area contributed by atoms with Crippen LogP contribution in [-0.2, 0) is 4.74 Å². The molecule has 0 spiro atoms. The monoisotopic (exact) mass is 285 g/mol. The Hall–Kier alpha value is -0.696. The van der Waals surface area contributed by atoms with Crippen molar-refractivity contribution in [1.29, 1.82) is 0 Å². The minimum absolute atomic E-state index is 0. The summed E-state index contributed by atoms with van der Waals surface area (Å²) in [7, 11) is -1.70. The van der Waals surface area contributed by atoms with Gasteiger partial charge in [0.15, 0.2) is 0 Å². The van der Waals surface area contributed by atoms with Crippen LogP contribution < -0.4 is 18.9 Å². The predicted molar refractivity (Wildman–Crippen MR) is 82.6 cm³/mol. The molecule has 20 heavy (non-hydrogen) atoms. The maximum Gasteiger partial charge on any atom is 1.00 e. The molecule has 0 radical (unpaired) electrons. The molecule has 0 saturated heterocycles. The Morgan fingerprint density at radius 1 is 1.20 bits per heavy atom. The van der Waals surface area contributed by atoms with Gasteiger partial charge in [-0.2, -0.15) is 0 Å². The van der Waals surface area contributed by atoms with Crippen molar-refractivity contribution >= 4 is 19.9 Å². The van der Waals surface area contributed by atoms with E-state index in [2.05, 4.69) is 33.9 Å². The van der Waals surface area contributed by atoms with Crippen LogP contribution in [0.15, 0.2) is 24.3 Å². The van der Waals surface area contributed by atoms with E-state index in [1.165, 1.54) is 0 Å². The van der Waals surface area contributed by atoms with Crippen LogP contribution in [0, 0.1) is 0 Å². The molecule has 0 aliphatic heterocycles. The molecule has 0 bridgehead atoms. The average Bonchev–Trinajstić information content (AvgIpc) is 2.28. The molecule has 0 N–H and O–H groups in total. The fourth-order valence-corrected chi connectivity index (χ4v) is 2.51. The Bertz CT molecular complexity index is 438. The van der Waals surface area contributed by atoms with E-state index in [1.54, 1.807) is 19.1 Å². The fourth-order valence-electron chi connectivity index (χ4n) is 1.38. The molecule has 1 aromatic rings. The molecule has 0 aliphatic rings. The maximum atomic E-state index is 11.6. The van der Waals surface area contributed by atoms with E-state index >= 15 is 0 Å². The molecule has 1 aromatic carbocycles. The van der Waals surface area contributed by atoms with Gasteiger partial charge in [-0.05, 0) is 27.3 Å². The van der Waals surface area contributed by atoms with E-state index in [0.29, 0.717) is 12.2 Å². The first kappa shape index (κ1) is 19.3. The van der Waals surface area contributed by atoms with Gasteiger partial charge in [0.1, 0.15) is 0 Å². The molecule has 1 rings (SSSR count). The third-order valence-corrected chi connectivity index (χ3v) is 8.11. The summed E-state index contributed by atoms with van der Waals surface area (Å²) >= 11 is 0. The first-order chi connectivity index (χ1) is 8.67. The van der Waals surface area contributed by atoms with Gasteiger partial charge in [0, 0.05) is 0 Å². The molecule has 106 valence electrons. The molecule has 0 amide bonds. The minimum atomic E-state index is -1.70.